The lowest BCUT2D eigenvalue weighted by atomic mass is 10.1. The Hall–Kier alpha value is -1.39. The molecule has 80 valence electrons. The molecule has 4 nitrogen and oxygen atoms in total. The predicted molar refractivity (Wildman–Crippen MR) is 57.0 cm³/mol. The van der Waals surface area contributed by atoms with Gasteiger partial charge in [-0.15, -0.1) is 0 Å². The SMILES string of the molecule is CCCC(N)(O)c1nc2ccccc2o1. The van der Waals surface area contributed by atoms with Gasteiger partial charge in [0.15, 0.2) is 11.3 Å². The summed E-state index contributed by atoms with van der Waals surface area (Å²) >= 11 is 0. The summed E-state index contributed by atoms with van der Waals surface area (Å²) in [5.41, 5.74) is 5.61. The second-order valence-electron chi connectivity index (χ2n) is 3.66. The van der Waals surface area contributed by atoms with Crippen molar-refractivity contribution in [2.24, 2.45) is 5.73 Å². The molecule has 0 amide bonds. The second-order valence-corrected chi connectivity index (χ2v) is 3.66. The molecule has 0 aliphatic heterocycles. The zero-order valence-corrected chi connectivity index (χ0v) is 8.60. The number of para-hydroxylation sites is 2. The summed E-state index contributed by atoms with van der Waals surface area (Å²) in [6, 6.07) is 7.34. The summed E-state index contributed by atoms with van der Waals surface area (Å²) in [4.78, 5) is 4.16. The Kier molecular flexibility index (Phi) is 2.46. The van der Waals surface area contributed by atoms with Crippen molar-refractivity contribution in [3.05, 3.63) is 30.2 Å². The van der Waals surface area contributed by atoms with Crippen LogP contribution in [0.25, 0.3) is 11.1 Å². The van der Waals surface area contributed by atoms with E-state index in [1.807, 2.05) is 25.1 Å². The van der Waals surface area contributed by atoms with Crippen LogP contribution < -0.4 is 5.73 Å². The highest BCUT2D eigenvalue weighted by Crippen LogP contribution is 2.24. The van der Waals surface area contributed by atoms with Gasteiger partial charge in [0, 0.05) is 0 Å². The zero-order chi connectivity index (χ0) is 10.9. The third kappa shape index (κ3) is 1.86. The van der Waals surface area contributed by atoms with Crippen molar-refractivity contribution >= 4 is 11.1 Å². The highest BCUT2D eigenvalue weighted by Gasteiger charge is 2.28. The summed E-state index contributed by atoms with van der Waals surface area (Å²) in [6.45, 7) is 1.94. The van der Waals surface area contributed by atoms with E-state index in [0.717, 1.165) is 6.42 Å². The van der Waals surface area contributed by atoms with E-state index >= 15 is 0 Å². The van der Waals surface area contributed by atoms with Gasteiger partial charge in [-0.1, -0.05) is 25.5 Å². The third-order valence-corrected chi connectivity index (χ3v) is 2.30. The van der Waals surface area contributed by atoms with E-state index in [2.05, 4.69) is 4.98 Å². The van der Waals surface area contributed by atoms with Crippen LogP contribution in [-0.4, -0.2) is 10.1 Å². The van der Waals surface area contributed by atoms with Gasteiger partial charge in [0.1, 0.15) is 5.52 Å². The number of nitrogens with zero attached hydrogens (tertiary/aromatic N) is 1. The first-order chi connectivity index (χ1) is 7.13. The van der Waals surface area contributed by atoms with E-state index in [1.165, 1.54) is 0 Å². The number of aliphatic hydroxyl groups is 1. The van der Waals surface area contributed by atoms with Crippen LogP contribution in [0.15, 0.2) is 28.7 Å². The Morgan fingerprint density at radius 3 is 2.87 bits per heavy atom. The fourth-order valence-electron chi connectivity index (χ4n) is 1.55. The van der Waals surface area contributed by atoms with E-state index in [1.54, 1.807) is 6.07 Å². The molecule has 0 bridgehead atoms. The van der Waals surface area contributed by atoms with E-state index in [4.69, 9.17) is 10.2 Å². The molecule has 1 unspecified atom stereocenters. The fourth-order valence-corrected chi connectivity index (χ4v) is 1.55. The molecule has 2 rings (SSSR count). The number of aromatic nitrogens is 1. The average Bonchev–Trinajstić information content (AvgIpc) is 2.61. The van der Waals surface area contributed by atoms with Crippen LogP contribution in [0, 0.1) is 0 Å². The van der Waals surface area contributed by atoms with Crippen LogP contribution >= 0.6 is 0 Å². The summed E-state index contributed by atoms with van der Waals surface area (Å²) in [5.74, 6) is 0.186. The molecule has 1 aromatic carbocycles. The topological polar surface area (TPSA) is 72.3 Å². The van der Waals surface area contributed by atoms with Crippen molar-refractivity contribution in [3.63, 3.8) is 0 Å². The van der Waals surface area contributed by atoms with Gasteiger partial charge in [0.05, 0.1) is 0 Å². The lowest BCUT2D eigenvalue weighted by Gasteiger charge is -2.17. The van der Waals surface area contributed by atoms with E-state index in [-0.39, 0.29) is 5.89 Å². The van der Waals surface area contributed by atoms with Gasteiger partial charge >= 0.3 is 0 Å². The Bertz CT molecular complexity index is 429. The second kappa shape index (κ2) is 3.64. The quantitative estimate of drug-likeness (QED) is 0.750. The summed E-state index contributed by atoms with van der Waals surface area (Å²) in [7, 11) is 0. The Morgan fingerprint density at radius 2 is 2.20 bits per heavy atom. The van der Waals surface area contributed by atoms with Crippen molar-refractivity contribution < 1.29 is 9.52 Å². The number of hydrogen-bond donors (Lipinski definition) is 2. The van der Waals surface area contributed by atoms with Gasteiger partial charge in [0.25, 0.3) is 0 Å². The van der Waals surface area contributed by atoms with Crippen LogP contribution in [-0.2, 0) is 5.72 Å². The summed E-state index contributed by atoms with van der Waals surface area (Å²) in [5, 5.41) is 9.91. The van der Waals surface area contributed by atoms with Gasteiger partial charge in [-0.2, -0.15) is 0 Å². The van der Waals surface area contributed by atoms with Gasteiger partial charge in [0.2, 0.25) is 5.89 Å². The number of fused-ring (bicyclic) bond motifs is 1. The molecule has 0 saturated heterocycles. The number of nitrogens with two attached hydrogens (primary N) is 1. The summed E-state index contributed by atoms with van der Waals surface area (Å²) in [6.07, 6.45) is 1.20. The van der Waals surface area contributed by atoms with Crippen molar-refractivity contribution in [3.8, 4) is 0 Å². The molecule has 0 radical (unpaired) electrons. The van der Waals surface area contributed by atoms with E-state index < -0.39 is 5.72 Å². The van der Waals surface area contributed by atoms with Gasteiger partial charge in [-0.3, -0.25) is 5.73 Å². The van der Waals surface area contributed by atoms with Crippen LogP contribution in [0.4, 0.5) is 0 Å². The molecule has 1 heterocycles. The van der Waals surface area contributed by atoms with Crippen molar-refractivity contribution in [2.75, 3.05) is 0 Å². The maximum Gasteiger partial charge on any atom is 0.242 e. The molecule has 1 aromatic heterocycles. The Balaban J connectivity index is 2.44. The van der Waals surface area contributed by atoms with E-state index in [9.17, 15) is 5.11 Å². The van der Waals surface area contributed by atoms with Crippen LogP contribution in [0.3, 0.4) is 0 Å². The molecule has 3 N–H and O–H groups in total. The van der Waals surface area contributed by atoms with Gasteiger partial charge < -0.3 is 9.52 Å². The first kappa shape index (κ1) is 10.1. The maximum absolute atomic E-state index is 9.91. The molecule has 2 aromatic rings. The van der Waals surface area contributed by atoms with E-state index in [0.29, 0.717) is 17.5 Å². The van der Waals surface area contributed by atoms with Crippen molar-refractivity contribution in [1.82, 2.24) is 4.98 Å². The molecule has 15 heavy (non-hydrogen) atoms. The standard InChI is InChI=1S/C11H14N2O2/c1-2-7-11(12,14)10-13-8-5-3-4-6-9(8)15-10/h3-6,14H,2,7,12H2,1H3. The monoisotopic (exact) mass is 206 g/mol. The fraction of sp³-hybridized carbons (Fsp3) is 0.364. The van der Waals surface area contributed by atoms with Crippen molar-refractivity contribution in [1.29, 1.82) is 0 Å². The smallest absolute Gasteiger partial charge is 0.242 e. The first-order valence-corrected chi connectivity index (χ1v) is 5.01. The van der Waals surface area contributed by atoms with Gasteiger partial charge in [-0.05, 0) is 18.6 Å². The van der Waals surface area contributed by atoms with Gasteiger partial charge in [-0.25, -0.2) is 4.98 Å². The first-order valence-electron chi connectivity index (χ1n) is 5.01. The molecule has 0 aliphatic rings. The molecule has 1 atom stereocenters. The number of oxazole rings is 1. The van der Waals surface area contributed by atoms with Crippen molar-refractivity contribution in [2.45, 2.75) is 25.5 Å². The number of rotatable bonds is 3. The predicted octanol–water partition coefficient (Wildman–Crippen LogP) is 1.73. The lowest BCUT2D eigenvalue weighted by Crippen LogP contribution is -2.36. The largest absolute Gasteiger partial charge is 0.436 e. The normalized spacial score (nSPS) is 15.4. The molecule has 0 aliphatic carbocycles. The highest BCUT2D eigenvalue weighted by molar-refractivity contribution is 5.72. The molecular formula is C11H14N2O2. The van der Waals surface area contributed by atoms with Crippen LogP contribution in [0.5, 0.6) is 0 Å². The molecule has 0 fully saturated rings. The molecule has 0 spiro atoms. The minimum atomic E-state index is -1.46. The lowest BCUT2D eigenvalue weighted by molar-refractivity contribution is 0.00787. The zero-order valence-electron chi connectivity index (χ0n) is 8.60. The molecule has 0 saturated carbocycles. The maximum atomic E-state index is 9.91. The molecule has 4 heteroatoms. The van der Waals surface area contributed by atoms with Crippen LogP contribution in [0.1, 0.15) is 25.7 Å². The number of hydrogen-bond acceptors (Lipinski definition) is 4. The third-order valence-electron chi connectivity index (χ3n) is 2.30. The summed E-state index contributed by atoms with van der Waals surface area (Å²) < 4.78 is 5.40. The Labute approximate surface area is 87.7 Å². The Morgan fingerprint density at radius 1 is 1.47 bits per heavy atom. The van der Waals surface area contributed by atoms with Crippen LogP contribution in [0.2, 0.25) is 0 Å². The minimum Gasteiger partial charge on any atom is -0.436 e. The molecular weight excluding hydrogens is 192 g/mol. The average molecular weight is 206 g/mol. The minimum absolute atomic E-state index is 0.186. The number of benzene rings is 1. The highest BCUT2D eigenvalue weighted by atomic mass is 16.4.